The minimum absolute atomic E-state index is 0.135. The molecule has 0 aromatic heterocycles. The third kappa shape index (κ3) is 4.90. The number of nitrogens with one attached hydrogen (secondary N) is 1. The first kappa shape index (κ1) is 24.8. The number of methoxy groups -OCH3 is 1. The Labute approximate surface area is 217 Å². The maximum Gasteiger partial charge on any atom is 0.259 e. The van der Waals surface area contributed by atoms with Gasteiger partial charge in [0, 0.05) is 23.5 Å². The van der Waals surface area contributed by atoms with Crippen molar-refractivity contribution < 1.29 is 19.1 Å². The van der Waals surface area contributed by atoms with E-state index in [1.807, 2.05) is 61.5 Å². The number of carbonyl (C=O) groups is 3. The maximum atomic E-state index is 13.9. The second kappa shape index (κ2) is 10.6. The summed E-state index contributed by atoms with van der Waals surface area (Å²) >= 11 is 0. The topological polar surface area (TPSA) is 79.0 Å². The number of nitrogens with zero attached hydrogens (tertiary/aromatic N) is 2. The summed E-state index contributed by atoms with van der Waals surface area (Å²) in [5.74, 6) is 0.0910. The van der Waals surface area contributed by atoms with Gasteiger partial charge in [-0.15, -0.1) is 0 Å². The van der Waals surface area contributed by atoms with Crippen molar-refractivity contribution in [3.63, 3.8) is 0 Å². The van der Waals surface area contributed by atoms with Crippen LogP contribution in [0.4, 0.5) is 5.69 Å². The van der Waals surface area contributed by atoms with Crippen LogP contribution in [0.25, 0.3) is 10.8 Å². The number of hydrogen-bond donors (Lipinski definition) is 1. The summed E-state index contributed by atoms with van der Waals surface area (Å²) < 4.78 is 5.37. The zero-order valence-electron chi connectivity index (χ0n) is 21.4. The molecule has 3 amide bonds. The van der Waals surface area contributed by atoms with Gasteiger partial charge in [-0.25, -0.2) is 0 Å². The van der Waals surface area contributed by atoms with E-state index in [0.717, 1.165) is 47.7 Å². The van der Waals surface area contributed by atoms with Crippen molar-refractivity contribution in [2.24, 2.45) is 0 Å². The molecule has 1 atom stereocenters. The molecular formula is C30H33N3O4. The van der Waals surface area contributed by atoms with E-state index in [1.165, 1.54) is 0 Å². The molecule has 2 aliphatic rings. The second-order valence-electron chi connectivity index (χ2n) is 9.86. The van der Waals surface area contributed by atoms with E-state index in [0.29, 0.717) is 17.7 Å². The van der Waals surface area contributed by atoms with Crippen LogP contribution < -0.4 is 15.0 Å². The minimum atomic E-state index is -0.643. The molecule has 0 radical (unpaired) electrons. The van der Waals surface area contributed by atoms with Crippen LogP contribution in [-0.2, 0) is 16.1 Å². The SMILES string of the molecule is CCC(C(=O)NC1CCCC1)N(Cc1cccc(OC)c1)C(=O)CN1C(=O)c2cccc3cccc1c23. The Bertz CT molecular complexity index is 1330. The Morgan fingerprint density at radius 1 is 1.08 bits per heavy atom. The summed E-state index contributed by atoms with van der Waals surface area (Å²) in [7, 11) is 1.60. The van der Waals surface area contributed by atoms with Gasteiger partial charge in [0.15, 0.2) is 0 Å². The lowest BCUT2D eigenvalue weighted by Crippen LogP contribution is -2.53. The molecule has 37 heavy (non-hydrogen) atoms. The molecule has 1 fully saturated rings. The summed E-state index contributed by atoms with van der Waals surface area (Å²) in [6.07, 6.45) is 4.62. The van der Waals surface area contributed by atoms with Crippen LogP contribution in [0.2, 0.25) is 0 Å². The van der Waals surface area contributed by atoms with E-state index < -0.39 is 6.04 Å². The number of hydrogen-bond acceptors (Lipinski definition) is 4. The molecule has 0 spiro atoms. The average Bonchev–Trinajstić information content (AvgIpc) is 3.52. The highest BCUT2D eigenvalue weighted by atomic mass is 16.5. The van der Waals surface area contributed by atoms with E-state index in [2.05, 4.69) is 5.32 Å². The molecule has 3 aromatic carbocycles. The normalized spacial score (nSPS) is 15.7. The standard InChI is InChI=1S/C30H33N3O4/c1-3-25(29(35)31-22-12-4-5-13-22)32(18-20-9-6-14-23(17-20)37-2)27(34)19-33-26-16-8-11-21-10-7-15-24(28(21)26)30(33)36/h6-11,14-17,22,25H,3-5,12-13,18-19H2,1-2H3,(H,31,35). The molecule has 192 valence electrons. The van der Waals surface area contributed by atoms with Crippen molar-refractivity contribution in [3.8, 4) is 5.75 Å². The fourth-order valence-electron chi connectivity index (χ4n) is 5.62. The number of carbonyl (C=O) groups excluding carboxylic acids is 3. The molecule has 7 heteroatoms. The highest BCUT2D eigenvalue weighted by molar-refractivity contribution is 6.26. The van der Waals surface area contributed by atoms with Crippen LogP contribution in [0.15, 0.2) is 60.7 Å². The Morgan fingerprint density at radius 3 is 2.54 bits per heavy atom. The van der Waals surface area contributed by atoms with Crippen molar-refractivity contribution in [1.29, 1.82) is 0 Å². The number of benzene rings is 3. The Hall–Kier alpha value is -3.87. The van der Waals surface area contributed by atoms with Gasteiger partial charge in [-0.1, -0.05) is 56.2 Å². The number of ether oxygens (including phenoxy) is 1. The summed E-state index contributed by atoms with van der Waals surface area (Å²) in [5, 5.41) is 5.00. The fraction of sp³-hybridized carbons (Fsp3) is 0.367. The zero-order valence-corrected chi connectivity index (χ0v) is 21.4. The van der Waals surface area contributed by atoms with Gasteiger partial charge in [-0.05, 0) is 54.5 Å². The van der Waals surface area contributed by atoms with Crippen molar-refractivity contribution >= 4 is 34.2 Å². The molecule has 1 saturated carbocycles. The molecular weight excluding hydrogens is 466 g/mol. The summed E-state index contributed by atoms with van der Waals surface area (Å²) in [5.41, 5.74) is 2.19. The van der Waals surface area contributed by atoms with Gasteiger partial charge in [0.25, 0.3) is 5.91 Å². The highest BCUT2D eigenvalue weighted by Crippen LogP contribution is 2.37. The molecule has 1 N–H and O–H groups in total. The van der Waals surface area contributed by atoms with Crippen molar-refractivity contribution in [1.82, 2.24) is 10.2 Å². The number of amides is 3. The van der Waals surface area contributed by atoms with Gasteiger partial charge >= 0.3 is 0 Å². The highest BCUT2D eigenvalue weighted by Gasteiger charge is 2.35. The van der Waals surface area contributed by atoms with Gasteiger partial charge in [0.1, 0.15) is 18.3 Å². The van der Waals surface area contributed by atoms with Crippen LogP contribution in [0, 0.1) is 0 Å². The van der Waals surface area contributed by atoms with E-state index in [4.69, 9.17) is 4.74 Å². The van der Waals surface area contributed by atoms with Gasteiger partial charge in [-0.2, -0.15) is 0 Å². The summed E-state index contributed by atoms with van der Waals surface area (Å²) in [6.45, 7) is 2.03. The molecule has 0 bridgehead atoms. The Balaban J connectivity index is 1.44. The molecule has 1 unspecified atom stereocenters. The lowest BCUT2D eigenvalue weighted by Gasteiger charge is -2.33. The van der Waals surface area contributed by atoms with Crippen molar-refractivity contribution in [2.45, 2.75) is 57.7 Å². The van der Waals surface area contributed by atoms with Gasteiger partial charge in [0.05, 0.1) is 12.8 Å². The van der Waals surface area contributed by atoms with Crippen LogP contribution in [0.1, 0.15) is 54.9 Å². The Kier molecular flexibility index (Phi) is 7.12. The molecule has 7 nitrogen and oxygen atoms in total. The van der Waals surface area contributed by atoms with Gasteiger partial charge < -0.3 is 15.0 Å². The van der Waals surface area contributed by atoms with Crippen LogP contribution >= 0.6 is 0 Å². The fourth-order valence-corrected chi connectivity index (χ4v) is 5.62. The molecule has 1 heterocycles. The lowest BCUT2D eigenvalue weighted by atomic mass is 10.1. The minimum Gasteiger partial charge on any atom is -0.497 e. The first-order chi connectivity index (χ1) is 18.0. The first-order valence-electron chi connectivity index (χ1n) is 13.1. The third-order valence-electron chi connectivity index (χ3n) is 7.52. The largest absolute Gasteiger partial charge is 0.497 e. The summed E-state index contributed by atoms with van der Waals surface area (Å²) in [6, 6.07) is 18.4. The quantitative estimate of drug-likeness (QED) is 0.464. The molecule has 3 aromatic rings. The number of anilines is 1. The third-order valence-corrected chi connectivity index (χ3v) is 7.52. The average molecular weight is 500 g/mol. The Morgan fingerprint density at radius 2 is 1.81 bits per heavy atom. The van der Waals surface area contributed by atoms with Crippen LogP contribution in [0.5, 0.6) is 5.75 Å². The van der Waals surface area contributed by atoms with Crippen molar-refractivity contribution in [2.75, 3.05) is 18.6 Å². The smallest absolute Gasteiger partial charge is 0.259 e. The maximum absolute atomic E-state index is 13.9. The predicted molar refractivity (Wildman–Crippen MR) is 144 cm³/mol. The van der Waals surface area contributed by atoms with Gasteiger partial charge in [-0.3, -0.25) is 19.3 Å². The van der Waals surface area contributed by atoms with E-state index in [9.17, 15) is 14.4 Å². The van der Waals surface area contributed by atoms with Gasteiger partial charge in [0.2, 0.25) is 11.8 Å². The van der Waals surface area contributed by atoms with E-state index in [1.54, 1.807) is 23.0 Å². The van der Waals surface area contributed by atoms with Crippen molar-refractivity contribution in [3.05, 3.63) is 71.8 Å². The molecule has 1 aliphatic heterocycles. The molecule has 0 saturated heterocycles. The van der Waals surface area contributed by atoms with Crippen LogP contribution in [0.3, 0.4) is 0 Å². The number of rotatable bonds is 9. The lowest BCUT2D eigenvalue weighted by molar-refractivity contribution is -0.140. The summed E-state index contributed by atoms with van der Waals surface area (Å²) in [4.78, 5) is 43.9. The van der Waals surface area contributed by atoms with Crippen LogP contribution in [-0.4, -0.2) is 48.4 Å². The second-order valence-corrected chi connectivity index (χ2v) is 9.86. The van der Waals surface area contributed by atoms with E-state index >= 15 is 0 Å². The monoisotopic (exact) mass is 499 g/mol. The molecule has 5 rings (SSSR count). The predicted octanol–water partition coefficient (Wildman–Crippen LogP) is 4.67. The first-order valence-corrected chi connectivity index (χ1v) is 13.1. The zero-order chi connectivity index (χ0) is 25.9. The molecule has 1 aliphatic carbocycles. The van der Waals surface area contributed by atoms with E-state index in [-0.39, 0.29) is 36.9 Å².